The molecule has 0 spiro atoms. The van der Waals surface area contributed by atoms with Crippen LogP contribution in [0.4, 0.5) is 8.78 Å². The molecule has 1 aliphatic heterocycles. The molecule has 7 nitrogen and oxygen atoms in total. The number of hydrogen-bond acceptors (Lipinski definition) is 4. The van der Waals surface area contributed by atoms with Crippen LogP contribution in [-0.2, 0) is 6.42 Å². The third kappa shape index (κ3) is 4.06. The van der Waals surface area contributed by atoms with E-state index in [4.69, 9.17) is 0 Å². The number of H-pyrrole nitrogens is 1. The van der Waals surface area contributed by atoms with Gasteiger partial charge in [0.15, 0.2) is 17.4 Å². The maximum Gasteiger partial charge on any atom is 0.261 e. The molecule has 0 atom stereocenters. The van der Waals surface area contributed by atoms with Crippen molar-refractivity contribution in [3.63, 3.8) is 0 Å². The van der Waals surface area contributed by atoms with Crippen LogP contribution < -0.4 is 5.56 Å². The first-order valence-corrected chi connectivity index (χ1v) is 10.4. The van der Waals surface area contributed by atoms with E-state index in [1.54, 1.807) is 0 Å². The number of fused-ring (bicyclic) bond motifs is 1. The van der Waals surface area contributed by atoms with Gasteiger partial charge in [0, 0.05) is 49.4 Å². The van der Waals surface area contributed by atoms with Crippen LogP contribution in [0.3, 0.4) is 0 Å². The summed E-state index contributed by atoms with van der Waals surface area (Å²) in [7, 11) is 0. The Kier molecular flexibility index (Phi) is 5.44. The number of carbonyl (C=O) groups excluding carboxylic acids is 3. The molecule has 2 heterocycles. The van der Waals surface area contributed by atoms with Crippen LogP contribution in [0, 0.1) is 17.0 Å². The number of benzene rings is 1. The van der Waals surface area contributed by atoms with Crippen LogP contribution in [0.5, 0.6) is 0 Å². The first-order chi connectivity index (χ1) is 15.1. The molecule has 0 bridgehead atoms. The lowest BCUT2D eigenvalue weighted by Gasteiger charge is -2.35. The van der Waals surface area contributed by atoms with Gasteiger partial charge in [0.2, 0.25) is 0 Å². The first kappa shape index (κ1) is 21.9. The summed E-state index contributed by atoms with van der Waals surface area (Å²) in [4.78, 5) is 56.2. The Morgan fingerprint density at radius 3 is 2.16 bits per heavy atom. The minimum absolute atomic E-state index is 0.0243. The number of aromatic amines is 1. The van der Waals surface area contributed by atoms with Crippen molar-refractivity contribution in [2.45, 2.75) is 26.7 Å². The molecule has 2 aromatic rings. The molecule has 1 fully saturated rings. The SMILES string of the molecule is CC1(C)CC(=O)c2cc(C(=O)N3CCN(C(=O)c4ccc(F)c(F)c4)CC3)c(=O)[nH]c2C1. The number of Topliss-reactive ketones (excluding diaryl/α,β-unsaturated/α-hetero) is 1. The zero-order valence-electron chi connectivity index (χ0n) is 17.8. The maximum absolute atomic E-state index is 13.4. The normalized spacial score (nSPS) is 17.8. The average Bonchev–Trinajstić information content (AvgIpc) is 2.73. The van der Waals surface area contributed by atoms with E-state index in [0.29, 0.717) is 24.1 Å². The Labute approximate surface area is 183 Å². The molecule has 1 saturated heterocycles. The molecule has 1 aliphatic carbocycles. The van der Waals surface area contributed by atoms with Gasteiger partial charge in [0.25, 0.3) is 17.4 Å². The van der Waals surface area contributed by atoms with Gasteiger partial charge in [-0.1, -0.05) is 13.8 Å². The van der Waals surface area contributed by atoms with Gasteiger partial charge >= 0.3 is 0 Å². The van der Waals surface area contributed by atoms with Gasteiger partial charge in [-0.2, -0.15) is 0 Å². The zero-order chi connectivity index (χ0) is 23.2. The Morgan fingerprint density at radius 1 is 0.906 bits per heavy atom. The molecule has 0 saturated carbocycles. The predicted octanol–water partition coefficient (Wildman–Crippen LogP) is 2.41. The number of aromatic nitrogens is 1. The Morgan fingerprint density at radius 2 is 1.53 bits per heavy atom. The molecule has 4 rings (SSSR count). The second kappa shape index (κ2) is 7.96. The number of pyridine rings is 1. The van der Waals surface area contributed by atoms with Crippen molar-refractivity contribution >= 4 is 17.6 Å². The molecule has 1 aromatic carbocycles. The number of nitrogens with zero attached hydrogens (tertiary/aromatic N) is 2. The summed E-state index contributed by atoms with van der Waals surface area (Å²) in [5.74, 6) is -3.21. The quantitative estimate of drug-likeness (QED) is 0.772. The molecule has 168 valence electrons. The van der Waals surface area contributed by atoms with Crippen LogP contribution >= 0.6 is 0 Å². The summed E-state index contributed by atoms with van der Waals surface area (Å²) < 4.78 is 26.5. The van der Waals surface area contributed by atoms with E-state index >= 15 is 0 Å². The number of hydrogen-bond donors (Lipinski definition) is 1. The highest BCUT2D eigenvalue weighted by Crippen LogP contribution is 2.33. The van der Waals surface area contributed by atoms with Crippen molar-refractivity contribution in [2.75, 3.05) is 26.2 Å². The summed E-state index contributed by atoms with van der Waals surface area (Å²) in [5.41, 5.74) is 0.0524. The van der Waals surface area contributed by atoms with E-state index in [9.17, 15) is 28.0 Å². The number of ketones is 1. The molecule has 32 heavy (non-hydrogen) atoms. The van der Waals surface area contributed by atoms with Crippen LogP contribution in [0.1, 0.15) is 57.0 Å². The number of halogens is 2. The standard InChI is InChI=1S/C23H23F2N3O4/c1-23(2)11-18-14(19(29)12-23)10-15(20(30)26-18)22(32)28-7-5-27(6-8-28)21(31)13-3-4-16(24)17(25)9-13/h3-4,9-10H,5-8,11-12H2,1-2H3,(H,26,30). The summed E-state index contributed by atoms with van der Waals surface area (Å²) in [6.07, 6.45) is 0.882. The van der Waals surface area contributed by atoms with Gasteiger partial charge < -0.3 is 14.8 Å². The van der Waals surface area contributed by atoms with E-state index in [0.717, 1.165) is 12.1 Å². The van der Waals surface area contributed by atoms with Crippen molar-refractivity contribution in [3.05, 3.63) is 68.6 Å². The summed E-state index contributed by atoms with van der Waals surface area (Å²) in [5, 5.41) is 0. The first-order valence-electron chi connectivity index (χ1n) is 10.4. The van der Waals surface area contributed by atoms with Crippen LogP contribution in [0.15, 0.2) is 29.1 Å². The molecular weight excluding hydrogens is 420 g/mol. The summed E-state index contributed by atoms with van der Waals surface area (Å²) in [6.45, 7) is 4.61. The highest BCUT2D eigenvalue weighted by atomic mass is 19.2. The number of amides is 2. The van der Waals surface area contributed by atoms with Crippen molar-refractivity contribution in [3.8, 4) is 0 Å². The van der Waals surface area contributed by atoms with E-state index < -0.39 is 29.0 Å². The fourth-order valence-corrected chi connectivity index (χ4v) is 4.28. The topological polar surface area (TPSA) is 90.6 Å². The van der Waals surface area contributed by atoms with Crippen LogP contribution in [0.25, 0.3) is 0 Å². The average molecular weight is 443 g/mol. The number of piperazine rings is 1. The second-order valence-corrected chi connectivity index (χ2v) is 9.06. The molecular formula is C23H23F2N3O4. The number of nitrogens with one attached hydrogen (secondary N) is 1. The lowest BCUT2D eigenvalue weighted by atomic mass is 9.75. The Balaban J connectivity index is 1.47. The molecule has 1 N–H and O–H groups in total. The second-order valence-electron chi connectivity index (χ2n) is 9.06. The molecule has 0 unspecified atom stereocenters. The Hall–Kier alpha value is -3.36. The largest absolute Gasteiger partial charge is 0.335 e. The smallest absolute Gasteiger partial charge is 0.261 e. The number of rotatable bonds is 2. The van der Waals surface area contributed by atoms with E-state index in [-0.39, 0.29) is 48.5 Å². The monoisotopic (exact) mass is 443 g/mol. The fourth-order valence-electron chi connectivity index (χ4n) is 4.28. The highest BCUT2D eigenvalue weighted by Gasteiger charge is 2.34. The lowest BCUT2D eigenvalue weighted by molar-refractivity contribution is 0.0534. The van der Waals surface area contributed by atoms with E-state index in [1.165, 1.54) is 21.9 Å². The van der Waals surface area contributed by atoms with Crippen molar-refractivity contribution < 1.29 is 23.2 Å². The van der Waals surface area contributed by atoms with Crippen LogP contribution in [0.2, 0.25) is 0 Å². The predicted molar refractivity (Wildman–Crippen MR) is 112 cm³/mol. The lowest BCUT2D eigenvalue weighted by Crippen LogP contribution is -2.51. The molecule has 2 amide bonds. The zero-order valence-corrected chi connectivity index (χ0v) is 17.8. The van der Waals surface area contributed by atoms with Gasteiger partial charge in [0.05, 0.1) is 0 Å². The van der Waals surface area contributed by atoms with Gasteiger partial charge in [-0.3, -0.25) is 19.2 Å². The van der Waals surface area contributed by atoms with Gasteiger partial charge in [0.1, 0.15) is 5.56 Å². The minimum atomic E-state index is -1.10. The third-order valence-corrected chi connectivity index (χ3v) is 5.97. The van der Waals surface area contributed by atoms with Gasteiger partial charge in [-0.25, -0.2) is 8.78 Å². The number of carbonyl (C=O) groups is 3. The third-order valence-electron chi connectivity index (χ3n) is 5.97. The molecule has 9 heteroatoms. The van der Waals surface area contributed by atoms with Crippen LogP contribution in [-0.4, -0.2) is 58.6 Å². The molecule has 1 aromatic heterocycles. The molecule has 2 aliphatic rings. The minimum Gasteiger partial charge on any atom is -0.335 e. The van der Waals surface area contributed by atoms with Gasteiger partial charge in [-0.15, -0.1) is 0 Å². The van der Waals surface area contributed by atoms with E-state index in [2.05, 4.69) is 4.98 Å². The van der Waals surface area contributed by atoms with Crippen molar-refractivity contribution in [1.29, 1.82) is 0 Å². The van der Waals surface area contributed by atoms with Crippen molar-refractivity contribution in [1.82, 2.24) is 14.8 Å². The summed E-state index contributed by atoms with van der Waals surface area (Å²) in [6, 6.07) is 4.34. The van der Waals surface area contributed by atoms with Crippen molar-refractivity contribution in [2.24, 2.45) is 5.41 Å². The molecule has 0 radical (unpaired) electrons. The summed E-state index contributed by atoms with van der Waals surface area (Å²) >= 11 is 0. The van der Waals surface area contributed by atoms with Gasteiger partial charge in [-0.05, 0) is 36.1 Å². The highest BCUT2D eigenvalue weighted by molar-refractivity contribution is 6.02. The van der Waals surface area contributed by atoms with E-state index in [1.807, 2.05) is 13.8 Å². The Bertz CT molecular complexity index is 1180. The maximum atomic E-state index is 13.4. The fraction of sp³-hybridized carbons (Fsp3) is 0.391.